The fraction of sp³-hybridized carbons (Fsp3) is 0.529. The third-order valence-corrected chi connectivity index (χ3v) is 4.01. The summed E-state index contributed by atoms with van der Waals surface area (Å²) in [6.45, 7) is 9.07. The number of hydrogen-bond acceptors (Lipinski definition) is 0. The standard InChI is InChI=1S/C17H24ClN/c1-12-13(8-5-6-11-17(2,3)4)16-14(18)9-7-10-15(16)19-12/h7,9-10,19H,5-6,8,11H2,1-4H3. The van der Waals surface area contributed by atoms with Crippen molar-refractivity contribution in [3.8, 4) is 0 Å². The highest BCUT2D eigenvalue weighted by molar-refractivity contribution is 6.35. The van der Waals surface area contributed by atoms with Gasteiger partial charge >= 0.3 is 0 Å². The van der Waals surface area contributed by atoms with Gasteiger partial charge in [0.15, 0.2) is 0 Å². The van der Waals surface area contributed by atoms with Crippen LogP contribution in [0.3, 0.4) is 0 Å². The van der Waals surface area contributed by atoms with Gasteiger partial charge in [-0.25, -0.2) is 0 Å². The first-order chi connectivity index (χ1) is 8.88. The van der Waals surface area contributed by atoms with Gasteiger partial charge < -0.3 is 4.98 Å². The average molecular weight is 278 g/mol. The molecule has 19 heavy (non-hydrogen) atoms. The molecule has 0 radical (unpaired) electrons. The molecule has 0 spiro atoms. The smallest absolute Gasteiger partial charge is 0.0502 e. The fourth-order valence-electron chi connectivity index (χ4n) is 2.67. The monoisotopic (exact) mass is 277 g/mol. The molecule has 0 saturated carbocycles. The van der Waals surface area contributed by atoms with E-state index in [2.05, 4.69) is 38.7 Å². The minimum absolute atomic E-state index is 0.437. The Hall–Kier alpha value is -0.950. The number of nitrogens with one attached hydrogen (secondary N) is 1. The van der Waals surface area contributed by atoms with Crippen molar-refractivity contribution in [2.24, 2.45) is 5.41 Å². The van der Waals surface area contributed by atoms with Crippen molar-refractivity contribution in [3.63, 3.8) is 0 Å². The van der Waals surface area contributed by atoms with Crippen LogP contribution >= 0.6 is 11.6 Å². The van der Waals surface area contributed by atoms with E-state index in [9.17, 15) is 0 Å². The van der Waals surface area contributed by atoms with Crippen molar-refractivity contribution in [3.05, 3.63) is 34.5 Å². The molecule has 1 aromatic carbocycles. The third-order valence-electron chi connectivity index (χ3n) is 3.69. The van der Waals surface area contributed by atoms with Crippen molar-refractivity contribution in [2.75, 3.05) is 0 Å². The minimum Gasteiger partial charge on any atom is -0.358 e. The van der Waals surface area contributed by atoms with Crippen LogP contribution in [0.15, 0.2) is 18.2 Å². The quantitative estimate of drug-likeness (QED) is 0.671. The lowest BCUT2D eigenvalue weighted by Gasteiger charge is -2.17. The molecule has 0 unspecified atom stereocenters. The van der Waals surface area contributed by atoms with Crippen LogP contribution < -0.4 is 0 Å². The number of benzene rings is 1. The maximum absolute atomic E-state index is 6.34. The molecule has 0 aliphatic carbocycles. The van der Waals surface area contributed by atoms with Crippen LogP contribution in [0.5, 0.6) is 0 Å². The first kappa shape index (κ1) is 14.5. The Morgan fingerprint density at radius 3 is 2.58 bits per heavy atom. The van der Waals surface area contributed by atoms with Crippen molar-refractivity contribution in [1.82, 2.24) is 4.98 Å². The number of rotatable bonds is 4. The Kier molecular flexibility index (Phi) is 4.25. The van der Waals surface area contributed by atoms with E-state index >= 15 is 0 Å². The molecule has 2 rings (SSSR count). The summed E-state index contributed by atoms with van der Waals surface area (Å²) < 4.78 is 0. The van der Waals surface area contributed by atoms with Gasteiger partial charge in [-0.15, -0.1) is 0 Å². The number of aromatic amines is 1. The maximum atomic E-state index is 6.34. The second-order valence-corrected chi connectivity index (χ2v) is 7.07. The predicted molar refractivity (Wildman–Crippen MR) is 85.1 cm³/mol. The summed E-state index contributed by atoms with van der Waals surface area (Å²) in [5.74, 6) is 0. The van der Waals surface area contributed by atoms with Crippen LogP contribution in [-0.4, -0.2) is 4.98 Å². The molecule has 0 aliphatic rings. The number of unbranched alkanes of at least 4 members (excludes halogenated alkanes) is 1. The Morgan fingerprint density at radius 2 is 1.89 bits per heavy atom. The van der Waals surface area contributed by atoms with Gasteiger partial charge in [0.2, 0.25) is 0 Å². The van der Waals surface area contributed by atoms with E-state index < -0.39 is 0 Å². The van der Waals surface area contributed by atoms with Gasteiger partial charge in [0.1, 0.15) is 0 Å². The molecular formula is C17H24ClN. The summed E-state index contributed by atoms with van der Waals surface area (Å²) >= 11 is 6.34. The summed E-state index contributed by atoms with van der Waals surface area (Å²) in [7, 11) is 0. The van der Waals surface area contributed by atoms with Gasteiger partial charge in [-0.05, 0) is 49.3 Å². The Labute approximate surface area is 121 Å². The van der Waals surface area contributed by atoms with Crippen molar-refractivity contribution in [2.45, 2.75) is 53.4 Å². The zero-order valence-electron chi connectivity index (χ0n) is 12.4. The highest BCUT2D eigenvalue weighted by Gasteiger charge is 2.12. The highest BCUT2D eigenvalue weighted by atomic mass is 35.5. The van der Waals surface area contributed by atoms with E-state index in [1.807, 2.05) is 12.1 Å². The first-order valence-electron chi connectivity index (χ1n) is 7.14. The maximum Gasteiger partial charge on any atom is 0.0502 e. The first-order valence-corrected chi connectivity index (χ1v) is 7.52. The lowest BCUT2D eigenvalue weighted by Crippen LogP contribution is -2.04. The normalized spacial score (nSPS) is 12.3. The minimum atomic E-state index is 0.437. The van der Waals surface area contributed by atoms with E-state index in [-0.39, 0.29) is 0 Å². The number of aryl methyl sites for hydroxylation is 2. The van der Waals surface area contributed by atoms with Crippen LogP contribution in [-0.2, 0) is 6.42 Å². The van der Waals surface area contributed by atoms with E-state index in [1.54, 1.807) is 0 Å². The lowest BCUT2D eigenvalue weighted by atomic mass is 9.89. The average Bonchev–Trinajstić information content (AvgIpc) is 2.61. The summed E-state index contributed by atoms with van der Waals surface area (Å²) in [5.41, 5.74) is 4.26. The molecule has 0 amide bonds. The van der Waals surface area contributed by atoms with E-state index in [4.69, 9.17) is 11.6 Å². The molecule has 0 aliphatic heterocycles. The molecule has 0 saturated heterocycles. The number of aromatic nitrogens is 1. The predicted octanol–water partition coefficient (Wildman–Crippen LogP) is 5.89. The molecule has 0 atom stereocenters. The van der Waals surface area contributed by atoms with Crippen LogP contribution in [0.2, 0.25) is 5.02 Å². The molecule has 2 aromatic rings. The van der Waals surface area contributed by atoms with Crippen molar-refractivity contribution < 1.29 is 0 Å². The summed E-state index contributed by atoms with van der Waals surface area (Å²) in [6.07, 6.45) is 4.91. The summed E-state index contributed by atoms with van der Waals surface area (Å²) in [5, 5.41) is 2.09. The Morgan fingerprint density at radius 1 is 1.16 bits per heavy atom. The Bertz CT molecular complexity index is 560. The molecular weight excluding hydrogens is 254 g/mol. The van der Waals surface area contributed by atoms with Gasteiger partial charge in [-0.1, -0.05) is 44.9 Å². The SMILES string of the molecule is Cc1[nH]c2cccc(Cl)c2c1CCCCC(C)(C)C. The molecule has 1 N–H and O–H groups in total. The molecule has 0 bridgehead atoms. The van der Waals surface area contributed by atoms with Gasteiger partial charge in [-0.2, -0.15) is 0 Å². The van der Waals surface area contributed by atoms with Crippen LogP contribution in [0, 0.1) is 12.3 Å². The van der Waals surface area contributed by atoms with E-state index in [0.29, 0.717) is 5.41 Å². The topological polar surface area (TPSA) is 15.8 Å². The fourth-order valence-corrected chi connectivity index (χ4v) is 2.96. The van der Waals surface area contributed by atoms with Gasteiger partial charge in [0, 0.05) is 16.6 Å². The van der Waals surface area contributed by atoms with Gasteiger partial charge in [-0.3, -0.25) is 0 Å². The zero-order chi connectivity index (χ0) is 14.0. The van der Waals surface area contributed by atoms with Crippen LogP contribution in [0.1, 0.15) is 51.3 Å². The van der Waals surface area contributed by atoms with Gasteiger partial charge in [0.25, 0.3) is 0 Å². The molecule has 1 nitrogen and oxygen atoms in total. The number of halogens is 1. The van der Waals surface area contributed by atoms with Crippen molar-refractivity contribution in [1.29, 1.82) is 0 Å². The zero-order valence-corrected chi connectivity index (χ0v) is 13.2. The number of fused-ring (bicyclic) bond motifs is 1. The lowest BCUT2D eigenvalue weighted by molar-refractivity contribution is 0.360. The Balaban J connectivity index is 2.10. The molecule has 0 fully saturated rings. The van der Waals surface area contributed by atoms with Gasteiger partial charge in [0.05, 0.1) is 5.02 Å². The number of H-pyrrole nitrogens is 1. The molecule has 1 aromatic heterocycles. The summed E-state index contributed by atoms with van der Waals surface area (Å²) in [6, 6.07) is 6.09. The third kappa shape index (κ3) is 3.54. The molecule has 1 heterocycles. The van der Waals surface area contributed by atoms with Crippen LogP contribution in [0.4, 0.5) is 0 Å². The van der Waals surface area contributed by atoms with Crippen molar-refractivity contribution >= 4 is 22.5 Å². The summed E-state index contributed by atoms with van der Waals surface area (Å²) in [4.78, 5) is 3.44. The highest BCUT2D eigenvalue weighted by Crippen LogP contribution is 2.31. The largest absolute Gasteiger partial charge is 0.358 e. The molecule has 104 valence electrons. The molecule has 2 heteroatoms. The number of hydrogen-bond donors (Lipinski definition) is 1. The second-order valence-electron chi connectivity index (χ2n) is 6.66. The van der Waals surface area contributed by atoms with Crippen LogP contribution in [0.25, 0.3) is 10.9 Å². The van der Waals surface area contributed by atoms with E-state index in [0.717, 1.165) is 17.0 Å². The second kappa shape index (κ2) is 5.58. The van der Waals surface area contributed by atoms with E-state index in [1.165, 1.54) is 35.9 Å².